The van der Waals surface area contributed by atoms with Crippen LogP contribution in [0.4, 0.5) is 0 Å². The zero-order valence-electron chi connectivity index (χ0n) is 9.47. The van der Waals surface area contributed by atoms with Crippen LogP contribution in [0.25, 0.3) is 5.69 Å². The van der Waals surface area contributed by atoms with Crippen LogP contribution in [-0.2, 0) is 0 Å². The normalized spacial score (nSPS) is 10.2. The number of hydrogen-bond donors (Lipinski definition) is 2. The summed E-state index contributed by atoms with van der Waals surface area (Å²) in [5, 5.41) is 7.37. The number of nitrogens with one attached hydrogen (secondary N) is 1. The van der Waals surface area contributed by atoms with Gasteiger partial charge in [-0.05, 0) is 19.1 Å². The van der Waals surface area contributed by atoms with Crippen LogP contribution >= 0.6 is 0 Å². The molecule has 1 aromatic heterocycles. The third kappa shape index (κ3) is 2.10. The highest BCUT2D eigenvalue weighted by Crippen LogP contribution is 2.10. The summed E-state index contributed by atoms with van der Waals surface area (Å²) in [4.78, 5) is 11.6. The molecule has 0 spiro atoms. The Morgan fingerprint density at radius 3 is 2.53 bits per heavy atom. The van der Waals surface area contributed by atoms with Crippen molar-refractivity contribution in [3.8, 4) is 5.69 Å². The van der Waals surface area contributed by atoms with Crippen molar-refractivity contribution in [3.63, 3.8) is 0 Å². The molecule has 0 atom stereocenters. The van der Waals surface area contributed by atoms with Gasteiger partial charge in [-0.1, -0.05) is 18.2 Å². The first-order valence-electron chi connectivity index (χ1n) is 5.22. The molecule has 0 aliphatic heterocycles. The number of aromatic nitrogens is 1. The van der Waals surface area contributed by atoms with Crippen LogP contribution in [0.1, 0.15) is 11.3 Å². The van der Waals surface area contributed by atoms with E-state index < -0.39 is 0 Å². The van der Waals surface area contributed by atoms with Crippen molar-refractivity contribution in [2.24, 2.45) is 5.73 Å². The molecule has 0 saturated carbocycles. The second kappa shape index (κ2) is 4.25. The van der Waals surface area contributed by atoms with Crippen molar-refractivity contribution in [1.82, 2.24) is 4.57 Å². The van der Waals surface area contributed by atoms with Gasteiger partial charge in [0.1, 0.15) is 5.84 Å². The largest absolute Gasteiger partial charge is 0.384 e. The van der Waals surface area contributed by atoms with E-state index >= 15 is 0 Å². The van der Waals surface area contributed by atoms with Gasteiger partial charge in [-0.25, -0.2) is 0 Å². The topological polar surface area (TPSA) is 71.9 Å². The van der Waals surface area contributed by atoms with Crippen molar-refractivity contribution in [2.45, 2.75) is 6.92 Å². The molecule has 4 nitrogen and oxygen atoms in total. The summed E-state index contributed by atoms with van der Waals surface area (Å²) in [6, 6.07) is 11.1. The molecule has 2 aromatic rings. The zero-order chi connectivity index (χ0) is 12.4. The number of aryl methyl sites for hydroxylation is 1. The summed E-state index contributed by atoms with van der Waals surface area (Å²) in [6.45, 7) is 1.85. The van der Waals surface area contributed by atoms with Gasteiger partial charge in [0.15, 0.2) is 5.43 Å². The number of rotatable bonds is 2. The minimum Gasteiger partial charge on any atom is -0.384 e. The van der Waals surface area contributed by atoms with Gasteiger partial charge in [0.2, 0.25) is 0 Å². The van der Waals surface area contributed by atoms with Crippen LogP contribution < -0.4 is 11.2 Å². The van der Waals surface area contributed by atoms with Gasteiger partial charge in [-0.2, -0.15) is 0 Å². The van der Waals surface area contributed by atoms with Crippen LogP contribution in [0.15, 0.2) is 47.4 Å². The molecule has 17 heavy (non-hydrogen) atoms. The van der Waals surface area contributed by atoms with Crippen molar-refractivity contribution in [3.05, 3.63) is 64.1 Å². The van der Waals surface area contributed by atoms with Gasteiger partial charge < -0.3 is 10.3 Å². The lowest BCUT2D eigenvalue weighted by molar-refractivity contribution is 0.968. The lowest BCUT2D eigenvalue weighted by Crippen LogP contribution is -2.23. The third-order valence-corrected chi connectivity index (χ3v) is 2.57. The zero-order valence-corrected chi connectivity index (χ0v) is 9.47. The van der Waals surface area contributed by atoms with E-state index in [2.05, 4.69) is 0 Å². The van der Waals surface area contributed by atoms with Crippen LogP contribution in [-0.4, -0.2) is 10.4 Å². The first kappa shape index (κ1) is 11.1. The van der Waals surface area contributed by atoms with Crippen molar-refractivity contribution in [1.29, 1.82) is 5.41 Å². The molecule has 0 saturated heterocycles. The average molecular weight is 227 g/mol. The van der Waals surface area contributed by atoms with Gasteiger partial charge in [0.25, 0.3) is 0 Å². The molecule has 0 radical (unpaired) electrons. The van der Waals surface area contributed by atoms with E-state index in [1.165, 1.54) is 6.07 Å². The Bertz CT molecular complexity index is 614. The molecule has 3 N–H and O–H groups in total. The Kier molecular flexibility index (Phi) is 2.78. The highest BCUT2D eigenvalue weighted by molar-refractivity contribution is 5.94. The summed E-state index contributed by atoms with van der Waals surface area (Å²) in [7, 11) is 0. The fourth-order valence-electron chi connectivity index (χ4n) is 1.70. The minimum atomic E-state index is -0.220. The van der Waals surface area contributed by atoms with Crippen LogP contribution in [0.2, 0.25) is 0 Å². The Morgan fingerprint density at radius 1 is 1.29 bits per heavy atom. The van der Waals surface area contributed by atoms with E-state index in [-0.39, 0.29) is 16.8 Å². The Hall–Kier alpha value is -2.36. The van der Waals surface area contributed by atoms with Gasteiger partial charge >= 0.3 is 0 Å². The first-order chi connectivity index (χ1) is 8.09. The molecule has 0 fully saturated rings. The summed E-state index contributed by atoms with van der Waals surface area (Å²) in [5.74, 6) is -0.209. The average Bonchev–Trinajstić information content (AvgIpc) is 2.29. The minimum absolute atomic E-state index is 0.209. The molecule has 4 heteroatoms. The van der Waals surface area contributed by atoms with Crippen LogP contribution in [0, 0.1) is 12.3 Å². The Balaban J connectivity index is 2.67. The number of para-hydroxylation sites is 1. The fourth-order valence-corrected chi connectivity index (χ4v) is 1.70. The maximum Gasteiger partial charge on any atom is 0.192 e. The lowest BCUT2D eigenvalue weighted by Gasteiger charge is -2.11. The number of nitrogens with two attached hydrogens (primary N) is 1. The second-order valence-electron chi connectivity index (χ2n) is 3.81. The number of pyridine rings is 1. The van der Waals surface area contributed by atoms with Gasteiger partial charge in [0, 0.05) is 23.6 Å². The molecule has 0 amide bonds. The highest BCUT2D eigenvalue weighted by atomic mass is 16.1. The van der Waals surface area contributed by atoms with Gasteiger partial charge in [-0.15, -0.1) is 0 Å². The molecule has 86 valence electrons. The van der Waals surface area contributed by atoms with E-state index in [1.54, 1.807) is 6.20 Å². The predicted molar refractivity (Wildman–Crippen MR) is 67.8 cm³/mol. The number of benzene rings is 1. The summed E-state index contributed by atoms with van der Waals surface area (Å²) in [5.41, 5.74) is 7.13. The molecule has 0 aliphatic rings. The third-order valence-electron chi connectivity index (χ3n) is 2.57. The summed E-state index contributed by atoms with van der Waals surface area (Å²) >= 11 is 0. The summed E-state index contributed by atoms with van der Waals surface area (Å²) in [6.07, 6.45) is 1.61. The maximum atomic E-state index is 11.6. The quantitative estimate of drug-likeness (QED) is 0.601. The molecule has 1 heterocycles. The molecule has 0 aliphatic carbocycles. The predicted octanol–water partition coefficient (Wildman–Crippen LogP) is 1.43. The Morgan fingerprint density at radius 2 is 1.94 bits per heavy atom. The standard InChI is InChI=1S/C13H13N3O/c1-9-7-12(17)11(13(14)15)8-16(9)10-5-3-2-4-6-10/h2-8H,1H3,(H3,14,15). The molecular weight excluding hydrogens is 214 g/mol. The van der Waals surface area contributed by atoms with Crippen LogP contribution in [0.5, 0.6) is 0 Å². The van der Waals surface area contributed by atoms with E-state index in [1.807, 2.05) is 41.8 Å². The number of nitrogens with zero attached hydrogens (tertiary/aromatic N) is 1. The number of hydrogen-bond acceptors (Lipinski definition) is 2. The lowest BCUT2D eigenvalue weighted by atomic mass is 10.2. The van der Waals surface area contributed by atoms with E-state index in [4.69, 9.17) is 11.1 Å². The first-order valence-corrected chi connectivity index (χ1v) is 5.22. The maximum absolute atomic E-state index is 11.6. The molecule has 1 aromatic carbocycles. The molecule has 2 rings (SSSR count). The van der Waals surface area contributed by atoms with E-state index in [9.17, 15) is 4.79 Å². The number of amidine groups is 1. The molecule has 0 unspecified atom stereocenters. The fraction of sp³-hybridized carbons (Fsp3) is 0.0769. The number of nitrogen functional groups attached to an aromatic ring is 1. The SMILES string of the molecule is Cc1cc(=O)c(C(=N)N)cn1-c1ccccc1. The second-order valence-corrected chi connectivity index (χ2v) is 3.81. The van der Waals surface area contributed by atoms with Gasteiger partial charge in [-0.3, -0.25) is 10.2 Å². The van der Waals surface area contributed by atoms with E-state index in [0.717, 1.165) is 11.4 Å². The smallest absolute Gasteiger partial charge is 0.192 e. The monoisotopic (exact) mass is 227 g/mol. The highest BCUT2D eigenvalue weighted by Gasteiger charge is 2.07. The van der Waals surface area contributed by atoms with Crippen molar-refractivity contribution < 1.29 is 0 Å². The summed E-state index contributed by atoms with van der Waals surface area (Å²) < 4.78 is 1.85. The van der Waals surface area contributed by atoms with E-state index in [0.29, 0.717) is 0 Å². The van der Waals surface area contributed by atoms with Crippen molar-refractivity contribution >= 4 is 5.84 Å². The molecular formula is C13H13N3O. The van der Waals surface area contributed by atoms with Crippen molar-refractivity contribution in [2.75, 3.05) is 0 Å². The van der Waals surface area contributed by atoms with Gasteiger partial charge in [0.05, 0.1) is 5.56 Å². The van der Waals surface area contributed by atoms with Crippen LogP contribution in [0.3, 0.4) is 0 Å². The molecule has 0 bridgehead atoms. The Labute approximate surface area is 98.8 Å².